The van der Waals surface area contributed by atoms with Gasteiger partial charge in [-0.3, -0.25) is 24.1 Å². The average molecular weight is 995 g/mol. The molecule has 4 amide bonds. The summed E-state index contributed by atoms with van der Waals surface area (Å²) in [5.41, 5.74) is 4.09. The summed E-state index contributed by atoms with van der Waals surface area (Å²) < 4.78 is 12.2. The lowest BCUT2D eigenvalue weighted by molar-refractivity contribution is -0.164. The highest BCUT2D eigenvalue weighted by atomic mass is 35.5. The zero-order valence-electron chi connectivity index (χ0n) is 41.1. The summed E-state index contributed by atoms with van der Waals surface area (Å²) in [5.74, 6) is -0.0425. The first-order valence-electron chi connectivity index (χ1n) is 23.9. The van der Waals surface area contributed by atoms with E-state index in [9.17, 15) is 29.5 Å². The average Bonchev–Trinajstić information content (AvgIpc) is 4.14. The highest BCUT2D eigenvalue weighted by molar-refractivity contribution is 7.13. The third-order valence-electron chi connectivity index (χ3n) is 14.6. The van der Waals surface area contributed by atoms with E-state index in [1.807, 2.05) is 69.6 Å². The zero-order chi connectivity index (χ0) is 50.3. The highest BCUT2D eigenvalue weighted by Gasteiger charge is 2.64. The van der Waals surface area contributed by atoms with Gasteiger partial charge in [0, 0.05) is 80.4 Å². The molecule has 1 saturated carbocycles. The smallest absolute Gasteiger partial charge is 0.253 e. The SMILES string of the molecule is Cc1ncsc1-c1ccc(CNC(=O)[C@@H]2C[C@@H](O)CN2C(=O)[C@@H](NC(=O)COCCN2C[C@H]3C[C@@H]2CN3c2ccc(C(=O)NC3C(C)(C)C(Oc4ccc(C#N)c(Cl)c4)C3(C)C)cn2)C(C)(C)C)cc1. The first kappa shape index (κ1) is 50.7. The fourth-order valence-electron chi connectivity index (χ4n) is 11.1. The number of hydrogen-bond acceptors (Lipinski definition) is 13. The predicted molar refractivity (Wildman–Crippen MR) is 267 cm³/mol. The quantitative estimate of drug-likeness (QED) is 0.0994. The molecule has 1 aliphatic carbocycles. The van der Waals surface area contributed by atoms with Crippen molar-refractivity contribution in [3.63, 3.8) is 0 Å². The van der Waals surface area contributed by atoms with Crippen LogP contribution >= 0.6 is 22.9 Å². The van der Waals surface area contributed by atoms with E-state index < -0.39 is 46.2 Å². The molecule has 3 saturated heterocycles. The van der Waals surface area contributed by atoms with Crippen molar-refractivity contribution in [1.29, 1.82) is 5.26 Å². The van der Waals surface area contributed by atoms with Crippen LogP contribution in [0.1, 0.15) is 88.5 Å². The van der Waals surface area contributed by atoms with Crippen molar-refractivity contribution in [3.8, 4) is 22.3 Å². The summed E-state index contributed by atoms with van der Waals surface area (Å²) in [6.07, 6.45) is 1.61. The third kappa shape index (κ3) is 10.5. The second-order valence-corrected chi connectivity index (χ2v) is 22.7. The summed E-state index contributed by atoms with van der Waals surface area (Å²) in [6.45, 7) is 18.4. The van der Waals surface area contributed by atoms with Crippen LogP contribution in [-0.4, -0.2) is 130 Å². The van der Waals surface area contributed by atoms with E-state index in [0.717, 1.165) is 47.0 Å². The molecule has 372 valence electrons. The van der Waals surface area contributed by atoms with Gasteiger partial charge in [-0.2, -0.15) is 5.26 Å². The number of pyridine rings is 1. The molecule has 4 aromatic rings. The second-order valence-electron chi connectivity index (χ2n) is 21.4. The first-order chi connectivity index (χ1) is 33.1. The Bertz CT molecular complexity index is 2610. The maximum absolute atomic E-state index is 14.1. The Hall–Kier alpha value is -5.64. The van der Waals surface area contributed by atoms with Crippen LogP contribution in [0.2, 0.25) is 5.02 Å². The molecule has 4 N–H and O–H groups in total. The van der Waals surface area contributed by atoms with Gasteiger partial charge in [-0.05, 0) is 54.2 Å². The molecule has 18 heteroatoms. The van der Waals surface area contributed by atoms with Gasteiger partial charge < -0.3 is 40.3 Å². The molecule has 70 heavy (non-hydrogen) atoms. The van der Waals surface area contributed by atoms with Gasteiger partial charge in [0.05, 0.1) is 44.9 Å². The monoisotopic (exact) mass is 993 g/mol. The highest BCUT2D eigenvalue weighted by Crippen LogP contribution is 2.55. The van der Waals surface area contributed by atoms with E-state index >= 15 is 0 Å². The number of anilines is 1. The van der Waals surface area contributed by atoms with Crippen LogP contribution in [0.5, 0.6) is 5.75 Å². The summed E-state index contributed by atoms with van der Waals surface area (Å²) in [4.78, 5) is 70.6. The molecule has 5 atom stereocenters. The molecule has 16 nitrogen and oxygen atoms in total. The number of benzene rings is 2. The number of nitrogens with one attached hydrogen (secondary N) is 3. The van der Waals surface area contributed by atoms with Gasteiger partial charge in [-0.15, -0.1) is 11.3 Å². The number of β-amino-alcohol motifs (C(OH)–C–C–N with tert-alkyl or cyclic N) is 1. The number of amides is 4. The van der Waals surface area contributed by atoms with Crippen molar-refractivity contribution < 1.29 is 33.8 Å². The maximum atomic E-state index is 14.1. The number of aliphatic hydroxyl groups excluding tert-OH is 1. The number of likely N-dealkylation sites (tertiary alicyclic amines) is 2. The zero-order valence-corrected chi connectivity index (χ0v) is 42.7. The van der Waals surface area contributed by atoms with Crippen molar-refractivity contribution in [2.24, 2.45) is 16.2 Å². The number of carbonyl (C=O) groups is 4. The van der Waals surface area contributed by atoms with E-state index in [1.165, 1.54) is 4.90 Å². The number of thiazole rings is 1. The minimum atomic E-state index is -0.956. The second kappa shape index (κ2) is 20.2. The number of ether oxygens (including phenoxy) is 2. The Morgan fingerprint density at radius 2 is 1.73 bits per heavy atom. The topological polar surface area (TPSA) is 202 Å². The van der Waals surface area contributed by atoms with Gasteiger partial charge in [-0.1, -0.05) is 84.3 Å². The summed E-state index contributed by atoms with van der Waals surface area (Å²) in [5, 5.41) is 29.3. The molecule has 5 heterocycles. The van der Waals surface area contributed by atoms with Crippen LogP contribution in [0, 0.1) is 34.5 Å². The third-order valence-corrected chi connectivity index (χ3v) is 15.8. The van der Waals surface area contributed by atoms with Gasteiger partial charge in [-0.25, -0.2) is 9.97 Å². The number of hydrogen-bond donors (Lipinski definition) is 4. The van der Waals surface area contributed by atoms with Crippen molar-refractivity contribution in [2.45, 2.75) is 117 Å². The lowest BCUT2D eigenvalue weighted by Crippen LogP contribution is -2.74. The first-order valence-corrected chi connectivity index (χ1v) is 25.2. The lowest BCUT2D eigenvalue weighted by atomic mass is 9.49. The minimum Gasteiger partial charge on any atom is -0.489 e. The molecule has 2 aromatic heterocycles. The predicted octanol–water partition coefficient (Wildman–Crippen LogP) is 5.74. The number of aryl methyl sites for hydroxylation is 1. The van der Waals surface area contributed by atoms with Crippen LogP contribution in [0.25, 0.3) is 10.4 Å². The number of piperazine rings is 1. The van der Waals surface area contributed by atoms with Gasteiger partial charge in [0.15, 0.2) is 0 Å². The Morgan fingerprint density at radius 1 is 0.986 bits per heavy atom. The van der Waals surface area contributed by atoms with Crippen molar-refractivity contribution in [1.82, 2.24) is 35.7 Å². The van der Waals surface area contributed by atoms with E-state index in [1.54, 1.807) is 35.7 Å². The van der Waals surface area contributed by atoms with Gasteiger partial charge in [0.2, 0.25) is 17.7 Å². The number of rotatable bonds is 16. The van der Waals surface area contributed by atoms with Gasteiger partial charge in [0.1, 0.15) is 42.4 Å². The lowest BCUT2D eigenvalue weighted by Gasteiger charge is -2.63. The summed E-state index contributed by atoms with van der Waals surface area (Å²) in [6, 6.07) is 17.2. The van der Waals surface area contributed by atoms with Crippen LogP contribution in [0.4, 0.5) is 5.82 Å². The molecule has 8 rings (SSSR count). The molecule has 3 aliphatic heterocycles. The molecular formula is C52H64ClN9O7S. The van der Waals surface area contributed by atoms with E-state index in [4.69, 9.17) is 26.1 Å². The number of halogens is 1. The molecule has 2 bridgehead atoms. The maximum Gasteiger partial charge on any atom is 0.253 e. The molecule has 0 spiro atoms. The fourth-order valence-corrected chi connectivity index (χ4v) is 12.2. The van der Waals surface area contributed by atoms with Crippen LogP contribution < -0.4 is 25.6 Å². The minimum absolute atomic E-state index is 0.0113. The number of fused-ring (bicyclic) bond motifs is 2. The van der Waals surface area contributed by atoms with E-state index in [-0.39, 0.29) is 62.2 Å². The molecule has 0 radical (unpaired) electrons. The fraction of sp³-hybridized carbons (Fsp3) is 0.519. The summed E-state index contributed by atoms with van der Waals surface area (Å²) in [7, 11) is 0. The number of nitriles is 1. The number of aromatic nitrogens is 2. The van der Waals surface area contributed by atoms with Gasteiger partial charge >= 0.3 is 0 Å². The standard InChI is InChI=1S/C52H64ClN9O7S/c1-30-43(70-29-57-30)32-11-9-31(10-12-32)23-56-46(66)40-20-37(63)27-62(40)47(67)44(50(2,3)4)58-42(64)28-68-18-17-60-25-36-19-35(60)26-61(36)41-16-14-34(24-55-41)45(65)59-48-51(5,6)49(52(48,7)8)69-38-15-13-33(22-54)39(53)21-38/h9-16,21,24,29,35-37,40,44,48-49,63H,17-20,23,25-28H2,1-8H3,(H,56,66)(H,58,64)(H,59,65)/t35-,36-,37-,40+,44-,48?,49?/m1/s1. The Kier molecular flexibility index (Phi) is 14.7. The van der Waals surface area contributed by atoms with Crippen molar-refractivity contribution >= 4 is 52.4 Å². The van der Waals surface area contributed by atoms with Gasteiger partial charge in [0.25, 0.3) is 5.91 Å². The number of nitrogens with zero attached hydrogens (tertiary/aromatic N) is 6. The Labute approximate surface area is 419 Å². The van der Waals surface area contributed by atoms with Crippen molar-refractivity contribution in [2.75, 3.05) is 44.3 Å². The van der Waals surface area contributed by atoms with Crippen LogP contribution in [-0.2, 0) is 25.7 Å². The molecule has 4 aliphatic rings. The molecule has 4 fully saturated rings. The van der Waals surface area contributed by atoms with E-state index in [0.29, 0.717) is 35.1 Å². The van der Waals surface area contributed by atoms with E-state index in [2.05, 4.69) is 64.5 Å². The summed E-state index contributed by atoms with van der Waals surface area (Å²) >= 11 is 7.84. The largest absolute Gasteiger partial charge is 0.489 e. The molecule has 0 unspecified atom stereocenters. The number of aliphatic hydroxyl groups is 1. The number of carbonyl (C=O) groups excluding carboxylic acids is 4. The van der Waals surface area contributed by atoms with Crippen LogP contribution in [0.15, 0.2) is 66.3 Å². The molecular weight excluding hydrogens is 930 g/mol. The Balaban J connectivity index is 0.767. The Morgan fingerprint density at radius 3 is 2.34 bits per heavy atom. The molecule has 2 aromatic carbocycles. The van der Waals surface area contributed by atoms with Crippen LogP contribution in [0.3, 0.4) is 0 Å². The normalized spacial score (nSPS) is 23.8. The van der Waals surface area contributed by atoms with Crippen molar-refractivity contribution in [3.05, 3.63) is 93.7 Å².